The quantitative estimate of drug-likeness (QED) is 0.763. The number of H-pyrrole nitrogens is 1. The molecule has 3 aromatic rings. The van der Waals surface area contributed by atoms with Crippen molar-refractivity contribution in [3.8, 4) is 17.0 Å². The van der Waals surface area contributed by atoms with Crippen LogP contribution in [0.5, 0.6) is 5.75 Å². The van der Waals surface area contributed by atoms with Gasteiger partial charge in [0, 0.05) is 37.1 Å². The summed E-state index contributed by atoms with van der Waals surface area (Å²) in [4.78, 5) is 16.9. The number of hydrogen-bond acceptors (Lipinski definition) is 2. The molecule has 130 valence electrons. The highest BCUT2D eigenvalue weighted by molar-refractivity contribution is 5.91. The number of ether oxygens (including phenoxy) is 1. The Kier molecular flexibility index (Phi) is 4.74. The largest absolute Gasteiger partial charge is 0.497 e. The predicted molar refractivity (Wildman–Crippen MR) is 97.3 cm³/mol. The predicted octanol–water partition coefficient (Wildman–Crippen LogP) is 4.00. The van der Waals surface area contributed by atoms with Gasteiger partial charge in [-0.15, -0.1) is 0 Å². The van der Waals surface area contributed by atoms with E-state index in [1.807, 2.05) is 24.3 Å². The maximum absolute atomic E-state index is 13.7. The van der Waals surface area contributed by atoms with E-state index in [2.05, 4.69) is 4.98 Å². The second kappa shape index (κ2) is 6.97. The molecule has 0 radical (unpaired) electrons. The summed E-state index contributed by atoms with van der Waals surface area (Å²) in [7, 11) is 5.10. The zero-order valence-electron chi connectivity index (χ0n) is 14.6. The molecule has 1 aromatic heterocycles. The molecule has 0 fully saturated rings. The third kappa shape index (κ3) is 3.50. The minimum absolute atomic E-state index is 0.0476. The standard InChI is InChI=1S/C20H21FN2O2/c1-23(2)19(24)11-9-16-17-12-14(21)6-10-18(17)22-20(16)13-4-7-15(25-3)8-5-13/h4-8,10,12,22H,9,11H2,1-3H3. The molecule has 0 atom stereocenters. The van der Waals surface area contributed by atoms with Gasteiger partial charge in [0.05, 0.1) is 7.11 Å². The van der Waals surface area contributed by atoms with Crippen LogP contribution in [0.15, 0.2) is 42.5 Å². The van der Waals surface area contributed by atoms with Crippen molar-refractivity contribution in [1.82, 2.24) is 9.88 Å². The first-order valence-electron chi connectivity index (χ1n) is 8.14. The van der Waals surface area contributed by atoms with Crippen molar-refractivity contribution in [2.75, 3.05) is 21.2 Å². The number of methoxy groups -OCH3 is 1. The van der Waals surface area contributed by atoms with Gasteiger partial charge in [-0.2, -0.15) is 0 Å². The Morgan fingerprint density at radius 1 is 1.16 bits per heavy atom. The first-order valence-corrected chi connectivity index (χ1v) is 8.14. The van der Waals surface area contributed by atoms with Gasteiger partial charge in [0.25, 0.3) is 0 Å². The Morgan fingerprint density at radius 2 is 1.88 bits per heavy atom. The molecular formula is C20H21FN2O2. The van der Waals surface area contributed by atoms with E-state index in [0.29, 0.717) is 12.8 Å². The lowest BCUT2D eigenvalue weighted by Crippen LogP contribution is -2.21. The van der Waals surface area contributed by atoms with E-state index in [1.54, 1.807) is 32.2 Å². The van der Waals surface area contributed by atoms with E-state index in [-0.39, 0.29) is 11.7 Å². The fourth-order valence-corrected chi connectivity index (χ4v) is 2.94. The van der Waals surface area contributed by atoms with Crippen LogP contribution < -0.4 is 4.74 Å². The van der Waals surface area contributed by atoms with Crippen LogP contribution in [0.1, 0.15) is 12.0 Å². The van der Waals surface area contributed by atoms with Crippen molar-refractivity contribution in [3.05, 3.63) is 53.8 Å². The van der Waals surface area contributed by atoms with Crippen molar-refractivity contribution >= 4 is 16.8 Å². The van der Waals surface area contributed by atoms with E-state index >= 15 is 0 Å². The summed E-state index contributed by atoms with van der Waals surface area (Å²) in [6.45, 7) is 0. The van der Waals surface area contributed by atoms with Crippen LogP contribution in [-0.4, -0.2) is 37.0 Å². The Balaban J connectivity index is 2.06. The Bertz CT molecular complexity index is 898. The molecule has 0 aliphatic heterocycles. The average molecular weight is 340 g/mol. The van der Waals surface area contributed by atoms with Gasteiger partial charge < -0.3 is 14.6 Å². The molecule has 0 spiro atoms. The number of carbonyl (C=O) groups is 1. The van der Waals surface area contributed by atoms with E-state index in [9.17, 15) is 9.18 Å². The average Bonchev–Trinajstić information content (AvgIpc) is 2.97. The fourth-order valence-electron chi connectivity index (χ4n) is 2.94. The third-order valence-electron chi connectivity index (χ3n) is 4.33. The number of aromatic nitrogens is 1. The molecule has 0 aliphatic carbocycles. The minimum Gasteiger partial charge on any atom is -0.497 e. The van der Waals surface area contributed by atoms with Crippen LogP contribution in [0.2, 0.25) is 0 Å². The number of fused-ring (bicyclic) bond motifs is 1. The van der Waals surface area contributed by atoms with Gasteiger partial charge >= 0.3 is 0 Å². The second-order valence-corrected chi connectivity index (χ2v) is 6.19. The summed E-state index contributed by atoms with van der Waals surface area (Å²) in [6.07, 6.45) is 0.918. The summed E-state index contributed by atoms with van der Waals surface area (Å²) < 4.78 is 19.0. The maximum atomic E-state index is 13.7. The molecule has 3 rings (SSSR count). The van der Waals surface area contributed by atoms with Crippen LogP contribution in [0.25, 0.3) is 22.2 Å². The number of aryl methyl sites for hydroxylation is 1. The Hall–Kier alpha value is -2.82. The summed E-state index contributed by atoms with van der Waals surface area (Å²) in [5, 5.41) is 0.817. The summed E-state index contributed by atoms with van der Waals surface area (Å²) in [5.74, 6) is 0.537. The lowest BCUT2D eigenvalue weighted by Gasteiger charge is -2.11. The first kappa shape index (κ1) is 17.0. The minimum atomic E-state index is -0.284. The number of hydrogen-bond donors (Lipinski definition) is 1. The Labute approximate surface area is 146 Å². The maximum Gasteiger partial charge on any atom is 0.222 e. The molecule has 1 amide bonds. The highest BCUT2D eigenvalue weighted by Gasteiger charge is 2.16. The van der Waals surface area contributed by atoms with E-state index in [0.717, 1.165) is 33.5 Å². The second-order valence-electron chi connectivity index (χ2n) is 6.19. The summed E-state index contributed by atoms with van der Waals surface area (Å²) >= 11 is 0. The topological polar surface area (TPSA) is 45.3 Å². The lowest BCUT2D eigenvalue weighted by atomic mass is 10.0. The van der Waals surface area contributed by atoms with Crippen molar-refractivity contribution in [1.29, 1.82) is 0 Å². The van der Waals surface area contributed by atoms with Gasteiger partial charge in [0.15, 0.2) is 0 Å². The Morgan fingerprint density at radius 3 is 2.52 bits per heavy atom. The van der Waals surface area contributed by atoms with Gasteiger partial charge in [-0.3, -0.25) is 4.79 Å². The molecule has 0 saturated carbocycles. The highest BCUT2D eigenvalue weighted by Crippen LogP contribution is 2.32. The highest BCUT2D eigenvalue weighted by atomic mass is 19.1. The molecule has 0 aliphatic rings. The third-order valence-corrected chi connectivity index (χ3v) is 4.33. The number of nitrogens with one attached hydrogen (secondary N) is 1. The monoisotopic (exact) mass is 340 g/mol. The number of amides is 1. The van der Waals surface area contributed by atoms with Crippen LogP contribution >= 0.6 is 0 Å². The van der Waals surface area contributed by atoms with Crippen LogP contribution in [0.3, 0.4) is 0 Å². The van der Waals surface area contributed by atoms with Gasteiger partial charge in [0.2, 0.25) is 5.91 Å². The molecule has 0 saturated heterocycles. The normalized spacial score (nSPS) is 10.9. The molecule has 25 heavy (non-hydrogen) atoms. The fraction of sp³-hybridized carbons (Fsp3) is 0.250. The van der Waals surface area contributed by atoms with Crippen molar-refractivity contribution < 1.29 is 13.9 Å². The van der Waals surface area contributed by atoms with Crippen molar-refractivity contribution in [2.24, 2.45) is 0 Å². The molecular weight excluding hydrogens is 319 g/mol. The van der Waals surface area contributed by atoms with Gasteiger partial charge in [-0.1, -0.05) is 0 Å². The number of rotatable bonds is 5. The summed E-state index contributed by atoms with van der Waals surface area (Å²) in [5.41, 5.74) is 3.70. The molecule has 1 heterocycles. The van der Waals surface area contributed by atoms with Gasteiger partial charge in [0.1, 0.15) is 11.6 Å². The number of carbonyl (C=O) groups excluding carboxylic acids is 1. The van der Waals surface area contributed by atoms with Crippen molar-refractivity contribution in [2.45, 2.75) is 12.8 Å². The van der Waals surface area contributed by atoms with Crippen LogP contribution in [0.4, 0.5) is 4.39 Å². The zero-order chi connectivity index (χ0) is 18.0. The van der Waals surface area contributed by atoms with Crippen LogP contribution in [0, 0.1) is 5.82 Å². The molecule has 4 nitrogen and oxygen atoms in total. The molecule has 5 heteroatoms. The van der Waals surface area contributed by atoms with Gasteiger partial charge in [-0.05, 0) is 60.0 Å². The molecule has 0 unspecified atom stereocenters. The molecule has 0 bridgehead atoms. The zero-order valence-corrected chi connectivity index (χ0v) is 14.6. The molecule has 1 N–H and O–H groups in total. The van der Waals surface area contributed by atoms with Gasteiger partial charge in [-0.25, -0.2) is 4.39 Å². The number of benzene rings is 2. The van der Waals surface area contributed by atoms with Crippen LogP contribution in [-0.2, 0) is 11.2 Å². The SMILES string of the molecule is COc1ccc(-c2[nH]c3ccc(F)cc3c2CCC(=O)N(C)C)cc1. The first-order chi connectivity index (χ1) is 12.0. The molecule has 2 aromatic carbocycles. The van der Waals surface area contributed by atoms with Crippen molar-refractivity contribution in [3.63, 3.8) is 0 Å². The lowest BCUT2D eigenvalue weighted by molar-refractivity contribution is -0.128. The summed E-state index contributed by atoms with van der Waals surface area (Å²) in [6, 6.07) is 12.4. The van der Waals surface area contributed by atoms with E-state index in [4.69, 9.17) is 4.74 Å². The van der Waals surface area contributed by atoms with E-state index < -0.39 is 0 Å². The number of aromatic amines is 1. The van der Waals surface area contributed by atoms with E-state index in [1.165, 1.54) is 12.1 Å². The number of nitrogens with zero attached hydrogens (tertiary/aromatic N) is 1. The smallest absolute Gasteiger partial charge is 0.222 e. The number of halogens is 1.